The van der Waals surface area contributed by atoms with Crippen molar-refractivity contribution in [2.45, 2.75) is 13.8 Å². The van der Waals surface area contributed by atoms with Crippen molar-refractivity contribution in [2.24, 2.45) is 0 Å². The SMILES string of the molecule is Cc1ccc(NC(=O)c2ccccc2NC(=O)Nc2cccc(Cl)c2)cc1C. The van der Waals surface area contributed by atoms with E-state index in [2.05, 4.69) is 16.0 Å². The van der Waals surface area contributed by atoms with Gasteiger partial charge < -0.3 is 16.0 Å². The lowest BCUT2D eigenvalue weighted by molar-refractivity contribution is 0.102. The highest BCUT2D eigenvalue weighted by atomic mass is 35.5. The lowest BCUT2D eigenvalue weighted by Crippen LogP contribution is -2.22. The average Bonchev–Trinajstić information content (AvgIpc) is 2.65. The van der Waals surface area contributed by atoms with Crippen LogP contribution in [0.2, 0.25) is 5.02 Å². The van der Waals surface area contributed by atoms with E-state index in [1.165, 1.54) is 0 Å². The summed E-state index contributed by atoms with van der Waals surface area (Å²) < 4.78 is 0. The first kappa shape index (κ1) is 19.5. The van der Waals surface area contributed by atoms with Gasteiger partial charge in [-0.2, -0.15) is 0 Å². The van der Waals surface area contributed by atoms with Crippen LogP contribution in [0.5, 0.6) is 0 Å². The summed E-state index contributed by atoms with van der Waals surface area (Å²) in [5.74, 6) is -0.304. The Kier molecular flexibility index (Phi) is 5.96. The number of urea groups is 1. The van der Waals surface area contributed by atoms with Gasteiger partial charge in [-0.25, -0.2) is 4.79 Å². The van der Waals surface area contributed by atoms with Gasteiger partial charge in [0.05, 0.1) is 11.3 Å². The lowest BCUT2D eigenvalue weighted by Gasteiger charge is -2.13. The van der Waals surface area contributed by atoms with Gasteiger partial charge in [0, 0.05) is 16.4 Å². The molecule has 0 aliphatic carbocycles. The van der Waals surface area contributed by atoms with Crippen LogP contribution >= 0.6 is 11.6 Å². The smallest absolute Gasteiger partial charge is 0.322 e. The number of amides is 3. The van der Waals surface area contributed by atoms with Gasteiger partial charge in [-0.05, 0) is 67.4 Å². The Morgan fingerprint density at radius 1 is 0.750 bits per heavy atom. The van der Waals surface area contributed by atoms with Crippen molar-refractivity contribution in [3.05, 3.63) is 88.4 Å². The van der Waals surface area contributed by atoms with Gasteiger partial charge in [0.15, 0.2) is 0 Å². The summed E-state index contributed by atoms with van der Waals surface area (Å²) in [6.07, 6.45) is 0. The number of hydrogen-bond acceptors (Lipinski definition) is 2. The van der Waals surface area contributed by atoms with Crippen LogP contribution in [0.15, 0.2) is 66.7 Å². The quantitative estimate of drug-likeness (QED) is 0.520. The molecule has 28 heavy (non-hydrogen) atoms. The Balaban J connectivity index is 1.73. The Hall–Kier alpha value is -3.31. The first-order valence-electron chi connectivity index (χ1n) is 8.73. The molecule has 5 nitrogen and oxygen atoms in total. The zero-order valence-corrected chi connectivity index (χ0v) is 16.3. The maximum atomic E-state index is 12.7. The van der Waals surface area contributed by atoms with Gasteiger partial charge >= 0.3 is 6.03 Å². The molecule has 3 aromatic carbocycles. The average molecular weight is 394 g/mol. The van der Waals surface area contributed by atoms with E-state index in [0.717, 1.165) is 11.1 Å². The topological polar surface area (TPSA) is 70.2 Å². The normalized spacial score (nSPS) is 10.2. The van der Waals surface area contributed by atoms with E-state index in [1.54, 1.807) is 48.5 Å². The van der Waals surface area contributed by atoms with E-state index in [-0.39, 0.29) is 5.91 Å². The number of anilines is 3. The van der Waals surface area contributed by atoms with Crippen molar-refractivity contribution in [1.29, 1.82) is 0 Å². The van der Waals surface area contributed by atoms with Crippen molar-refractivity contribution < 1.29 is 9.59 Å². The van der Waals surface area contributed by atoms with Crippen molar-refractivity contribution in [1.82, 2.24) is 0 Å². The number of nitrogens with one attached hydrogen (secondary N) is 3. The fraction of sp³-hybridized carbons (Fsp3) is 0.0909. The van der Waals surface area contributed by atoms with Gasteiger partial charge in [-0.1, -0.05) is 35.9 Å². The highest BCUT2D eigenvalue weighted by Crippen LogP contribution is 2.20. The molecule has 0 fully saturated rings. The van der Waals surface area contributed by atoms with Crippen molar-refractivity contribution >= 4 is 40.6 Å². The molecule has 0 aliphatic rings. The molecule has 0 saturated heterocycles. The Bertz CT molecular complexity index is 1030. The number of rotatable bonds is 4. The fourth-order valence-electron chi connectivity index (χ4n) is 2.66. The molecule has 0 heterocycles. The van der Waals surface area contributed by atoms with E-state index in [1.807, 2.05) is 32.0 Å². The highest BCUT2D eigenvalue weighted by molar-refractivity contribution is 6.30. The summed E-state index contributed by atoms with van der Waals surface area (Å²) >= 11 is 5.93. The van der Waals surface area contributed by atoms with E-state index in [0.29, 0.717) is 27.6 Å². The van der Waals surface area contributed by atoms with E-state index in [9.17, 15) is 9.59 Å². The number of carbonyl (C=O) groups excluding carboxylic acids is 2. The van der Waals surface area contributed by atoms with Gasteiger partial charge in [-0.3, -0.25) is 4.79 Å². The van der Waals surface area contributed by atoms with E-state index < -0.39 is 6.03 Å². The number of aryl methyl sites for hydroxylation is 2. The molecule has 0 aromatic heterocycles. The summed E-state index contributed by atoms with van der Waals surface area (Å²) in [7, 11) is 0. The number of benzene rings is 3. The summed E-state index contributed by atoms with van der Waals surface area (Å²) in [6.45, 7) is 4.00. The molecule has 0 radical (unpaired) electrons. The number of hydrogen-bond donors (Lipinski definition) is 3. The third-order valence-corrected chi connectivity index (χ3v) is 4.50. The molecule has 0 bridgehead atoms. The summed E-state index contributed by atoms with van der Waals surface area (Å²) in [4.78, 5) is 25.0. The summed E-state index contributed by atoms with van der Waals surface area (Å²) in [5.41, 5.74) is 4.27. The van der Waals surface area contributed by atoms with Gasteiger partial charge in [0.1, 0.15) is 0 Å². The van der Waals surface area contributed by atoms with E-state index >= 15 is 0 Å². The molecule has 0 unspecified atom stereocenters. The number of para-hydroxylation sites is 1. The molecule has 142 valence electrons. The van der Waals surface area contributed by atoms with Crippen LogP contribution in [0, 0.1) is 13.8 Å². The maximum Gasteiger partial charge on any atom is 0.323 e. The molecule has 0 atom stereocenters. The molecular weight excluding hydrogens is 374 g/mol. The monoisotopic (exact) mass is 393 g/mol. The largest absolute Gasteiger partial charge is 0.323 e. The van der Waals surface area contributed by atoms with Crippen LogP contribution in [-0.4, -0.2) is 11.9 Å². The molecule has 0 aliphatic heterocycles. The van der Waals surface area contributed by atoms with Gasteiger partial charge in [0.2, 0.25) is 0 Å². The van der Waals surface area contributed by atoms with Crippen LogP contribution in [0.25, 0.3) is 0 Å². The van der Waals surface area contributed by atoms with Crippen molar-refractivity contribution in [3.8, 4) is 0 Å². The third kappa shape index (κ3) is 4.90. The number of halogens is 1. The minimum absolute atomic E-state index is 0.304. The zero-order valence-electron chi connectivity index (χ0n) is 15.5. The molecule has 0 spiro atoms. The predicted molar refractivity (Wildman–Crippen MR) is 114 cm³/mol. The summed E-state index contributed by atoms with van der Waals surface area (Å²) in [6, 6.07) is 18.9. The van der Waals surface area contributed by atoms with Crippen LogP contribution in [0.4, 0.5) is 21.9 Å². The molecule has 3 rings (SSSR count). The van der Waals surface area contributed by atoms with Crippen LogP contribution in [-0.2, 0) is 0 Å². The highest BCUT2D eigenvalue weighted by Gasteiger charge is 2.14. The standard InChI is InChI=1S/C22H20ClN3O2/c1-14-10-11-18(12-15(14)2)24-21(27)19-8-3-4-9-20(19)26-22(28)25-17-7-5-6-16(23)13-17/h3-13H,1-2H3,(H,24,27)(H2,25,26,28). The Morgan fingerprint density at radius 3 is 2.25 bits per heavy atom. The minimum Gasteiger partial charge on any atom is -0.322 e. The molecule has 3 amide bonds. The molecule has 0 saturated carbocycles. The van der Waals surface area contributed by atoms with Crippen molar-refractivity contribution in [3.63, 3.8) is 0 Å². The van der Waals surface area contributed by atoms with Crippen molar-refractivity contribution in [2.75, 3.05) is 16.0 Å². The van der Waals surface area contributed by atoms with E-state index in [4.69, 9.17) is 11.6 Å². The first-order chi connectivity index (χ1) is 13.4. The van der Waals surface area contributed by atoms with Gasteiger partial charge in [0.25, 0.3) is 5.91 Å². The maximum absolute atomic E-state index is 12.7. The second kappa shape index (κ2) is 8.59. The second-order valence-corrected chi connectivity index (χ2v) is 6.82. The molecule has 3 aromatic rings. The zero-order chi connectivity index (χ0) is 20.1. The second-order valence-electron chi connectivity index (χ2n) is 6.39. The Labute approximate surface area is 168 Å². The number of carbonyl (C=O) groups is 2. The third-order valence-electron chi connectivity index (χ3n) is 4.27. The molecular formula is C22H20ClN3O2. The predicted octanol–water partition coefficient (Wildman–Crippen LogP) is 5.85. The van der Waals surface area contributed by atoms with Crippen LogP contribution in [0.1, 0.15) is 21.5 Å². The summed E-state index contributed by atoms with van der Waals surface area (Å²) in [5, 5.41) is 8.79. The lowest BCUT2D eigenvalue weighted by atomic mass is 10.1. The van der Waals surface area contributed by atoms with Crippen LogP contribution < -0.4 is 16.0 Å². The van der Waals surface area contributed by atoms with Crippen LogP contribution in [0.3, 0.4) is 0 Å². The molecule has 6 heteroatoms. The fourth-order valence-corrected chi connectivity index (χ4v) is 2.85. The van der Waals surface area contributed by atoms with Gasteiger partial charge in [-0.15, -0.1) is 0 Å². The Morgan fingerprint density at radius 2 is 1.50 bits per heavy atom. The molecule has 3 N–H and O–H groups in total. The first-order valence-corrected chi connectivity index (χ1v) is 9.11. The minimum atomic E-state index is -0.464.